The summed E-state index contributed by atoms with van der Waals surface area (Å²) in [5, 5.41) is 5.30. The van der Waals surface area contributed by atoms with E-state index in [1.807, 2.05) is 11.8 Å². The van der Waals surface area contributed by atoms with Gasteiger partial charge in [-0.05, 0) is 31.0 Å². The number of halogens is 1. The van der Waals surface area contributed by atoms with Crippen LogP contribution in [0.4, 0.5) is 5.69 Å². The number of aromatic nitrogens is 2. The van der Waals surface area contributed by atoms with Gasteiger partial charge in [0.2, 0.25) is 0 Å². The second-order valence-electron chi connectivity index (χ2n) is 4.97. The van der Waals surface area contributed by atoms with Crippen molar-refractivity contribution in [1.82, 2.24) is 10.1 Å². The van der Waals surface area contributed by atoms with Crippen molar-refractivity contribution < 1.29 is 4.52 Å². The zero-order valence-corrected chi connectivity index (χ0v) is 12.6. The molecule has 0 saturated heterocycles. The van der Waals surface area contributed by atoms with Crippen molar-refractivity contribution in [3.05, 3.63) is 29.0 Å². The SMILES string of the molecule is Nc1ccc(-c2nc(CSC3CCCC3)no2)c(Cl)c1. The number of nitrogens with two attached hydrogens (primary N) is 1. The highest BCUT2D eigenvalue weighted by Crippen LogP contribution is 2.32. The topological polar surface area (TPSA) is 64.9 Å². The third-order valence-corrected chi connectivity index (χ3v) is 5.12. The Balaban J connectivity index is 1.69. The van der Waals surface area contributed by atoms with Crippen molar-refractivity contribution >= 4 is 29.1 Å². The van der Waals surface area contributed by atoms with Crippen LogP contribution in [0, 0.1) is 0 Å². The molecule has 0 amide bonds. The average Bonchev–Trinajstić information content (AvgIpc) is 3.07. The van der Waals surface area contributed by atoms with Crippen molar-refractivity contribution in [3.8, 4) is 11.5 Å². The molecule has 0 radical (unpaired) electrons. The first-order valence-corrected chi connectivity index (χ1v) is 8.14. The number of anilines is 1. The molecule has 0 unspecified atom stereocenters. The van der Waals surface area contributed by atoms with Crippen LogP contribution in [0.25, 0.3) is 11.5 Å². The number of nitrogen functional groups attached to an aromatic ring is 1. The number of thioether (sulfide) groups is 1. The molecule has 0 bridgehead atoms. The molecule has 0 aliphatic heterocycles. The molecule has 1 aromatic heterocycles. The summed E-state index contributed by atoms with van der Waals surface area (Å²) in [6.45, 7) is 0. The van der Waals surface area contributed by atoms with Gasteiger partial charge in [-0.3, -0.25) is 0 Å². The smallest absolute Gasteiger partial charge is 0.259 e. The number of nitrogens with zero attached hydrogens (tertiary/aromatic N) is 2. The Kier molecular flexibility index (Phi) is 4.17. The van der Waals surface area contributed by atoms with Gasteiger partial charge in [-0.25, -0.2) is 0 Å². The summed E-state index contributed by atoms with van der Waals surface area (Å²) in [4.78, 5) is 4.41. The van der Waals surface area contributed by atoms with Gasteiger partial charge in [0, 0.05) is 10.9 Å². The fourth-order valence-electron chi connectivity index (χ4n) is 2.37. The van der Waals surface area contributed by atoms with E-state index >= 15 is 0 Å². The first kappa shape index (κ1) is 13.8. The van der Waals surface area contributed by atoms with Gasteiger partial charge in [0.25, 0.3) is 5.89 Å². The van der Waals surface area contributed by atoms with Crippen LogP contribution in [-0.4, -0.2) is 15.4 Å². The van der Waals surface area contributed by atoms with Crippen molar-refractivity contribution in [2.24, 2.45) is 0 Å². The Morgan fingerprint density at radius 2 is 2.15 bits per heavy atom. The van der Waals surface area contributed by atoms with Crippen LogP contribution < -0.4 is 5.73 Å². The van der Waals surface area contributed by atoms with E-state index in [2.05, 4.69) is 10.1 Å². The van der Waals surface area contributed by atoms with Gasteiger partial charge in [-0.2, -0.15) is 16.7 Å². The van der Waals surface area contributed by atoms with E-state index in [4.69, 9.17) is 21.9 Å². The lowest BCUT2D eigenvalue weighted by molar-refractivity contribution is 0.425. The third kappa shape index (κ3) is 3.10. The fraction of sp³-hybridized carbons (Fsp3) is 0.429. The molecule has 0 spiro atoms. The van der Waals surface area contributed by atoms with E-state index in [9.17, 15) is 0 Å². The van der Waals surface area contributed by atoms with E-state index in [0.29, 0.717) is 16.6 Å². The molecule has 106 valence electrons. The normalized spacial score (nSPS) is 15.8. The number of hydrogen-bond acceptors (Lipinski definition) is 5. The highest BCUT2D eigenvalue weighted by atomic mass is 35.5. The fourth-order valence-corrected chi connectivity index (χ4v) is 3.81. The van der Waals surface area contributed by atoms with Gasteiger partial charge in [-0.1, -0.05) is 29.6 Å². The van der Waals surface area contributed by atoms with Crippen LogP contribution >= 0.6 is 23.4 Å². The lowest BCUT2D eigenvalue weighted by Crippen LogP contribution is -1.95. The molecule has 1 fully saturated rings. The van der Waals surface area contributed by atoms with E-state index in [1.165, 1.54) is 25.7 Å². The predicted molar refractivity (Wildman–Crippen MR) is 82.7 cm³/mol. The van der Waals surface area contributed by atoms with Gasteiger partial charge in [-0.15, -0.1) is 0 Å². The summed E-state index contributed by atoms with van der Waals surface area (Å²) in [5.41, 5.74) is 7.02. The molecule has 2 aromatic rings. The van der Waals surface area contributed by atoms with Gasteiger partial charge in [0.15, 0.2) is 5.82 Å². The molecule has 1 aliphatic rings. The van der Waals surface area contributed by atoms with Crippen molar-refractivity contribution in [3.63, 3.8) is 0 Å². The highest BCUT2D eigenvalue weighted by Gasteiger charge is 2.17. The molecule has 1 aromatic carbocycles. The summed E-state index contributed by atoms with van der Waals surface area (Å²) in [7, 11) is 0. The average molecular weight is 310 g/mol. The van der Waals surface area contributed by atoms with E-state index < -0.39 is 0 Å². The summed E-state index contributed by atoms with van der Waals surface area (Å²) in [6, 6.07) is 5.27. The maximum Gasteiger partial charge on any atom is 0.259 e. The van der Waals surface area contributed by atoms with Crippen molar-refractivity contribution in [2.45, 2.75) is 36.7 Å². The van der Waals surface area contributed by atoms with Crippen LogP contribution in [0.5, 0.6) is 0 Å². The lowest BCUT2D eigenvalue weighted by Gasteiger charge is -2.04. The molecular formula is C14H16ClN3OS. The molecule has 2 N–H and O–H groups in total. The molecule has 20 heavy (non-hydrogen) atoms. The van der Waals surface area contributed by atoms with Crippen LogP contribution in [0.3, 0.4) is 0 Å². The Morgan fingerprint density at radius 3 is 2.90 bits per heavy atom. The summed E-state index contributed by atoms with van der Waals surface area (Å²) in [6.07, 6.45) is 5.30. The summed E-state index contributed by atoms with van der Waals surface area (Å²) >= 11 is 8.06. The molecule has 1 heterocycles. The maximum atomic E-state index is 6.14. The third-order valence-electron chi connectivity index (χ3n) is 3.44. The Morgan fingerprint density at radius 1 is 1.35 bits per heavy atom. The monoisotopic (exact) mass is 309 g/mol. The Bertz CT molecular complexity index is 596. The van der Waals surface area contributed by atoms with E-state index in [1.54, 1.807) is 18.2 Å². The van der Waals surface area contributed by atoms with Crippen LogP contribution in [0.15, 0.2) is 22.7 Å². The second kappa shape index (κ2) is 6.06. The zero-order chi connectivity index (χ0) is 13.9. The number of rotatable bonds is 4. The minimum atomic E-state index is 0.456. The predicted octanol–water partition coefficient (Wildman–Crippen LogP) is 4.15. The van der Waals surface area contributed by atoms with E-state index in [0.717, 1.165) is 22.4 Å². The van der Waals surface area contributed by atoms with Crippen molar-refractivity contribution in [2.75, 3.05) is 5.73 Å². The van der Waals surface area contributed by atoms with Gasteiger partial charge in [0.1, 0.15) is 0 Å². The molecule has 4 nitrogen and oxygen atoms in total. The van der Waals surface area contributed by atoms with E-state index in [-0.39, 0.29) is 0 Å². The van der Waals surface area contributed by atoms with Crippen molar-refractivity contribution in [1.29, 1.82) is 0 Å². The van der Waals surface area contributed by atoms with Crippen LogP contribution in [-0.2, 0) is 5.75 Å². The summed E-state index contributed by atoms with van der Waals surface area (Å²) < 4.78 is 5.29. The molecular weight excluding hydrogens is 294 g/mol. The number of benzene rings is 1. The number of hydrogen-bond donors (Lipinski definition) is 1. The molecule has 6 heteroatoms. The molecule has 0 atom stereocenters. The largest absolute Gasteiger partial charge is 0.399 e. The van der Waals surface area contributed by atoms with Gasteiger partial charge < -0.3 is 10.3 Å². The molecule has 1 aliphatic carbocycles. The Hall–Kier alpha value is -1.20. The first-order valence-electron chi connectivity index (χ1n) is 6.72. The standard InChI is InChI=1S/C14H16ClN3OS/c15-12-7-9(16)5-6-11(12)14-17-13(18-19-14)8-20-10-3-1-2-4-10/h5-7,10H,1-4,8,16H2. The highest BCUT2D eigenvalue weighted by molar-refractivity contribution is 7.99. The maximum absolute atomic E-state index is 6.14. The minimum absolute atomic E-state index is 0.456. The molecule has 3 rings (SSSR count). The molecule has 1 saturated carbocycles. The summed E-state index contributed by atoms with van der Waals surface area (Å²) in [5.74, 6) is 1.97. The zero-order valence-electron chi connectivity index (χ0n) is 11.0. The van der Waals surface area contributed by atoms with Crippen LogP contribution in [0.2, 0.25) is 5.02 Å². The second-order valence-corrected chi connectivity index (χ2v) is 6.67. The quantitative estimate of drug-likeness (QED) is 0.859. The lowest BCUT2D eigenvalue weighted by atomic mass is 10.2. The van der Waals surface area contributed by atoms with Gasteiger partial charge >= 0.3 is 0 Å². The van der Waals surface area contributed by atoms with Crippen LogP contribution in [0.1, 0.15) is 31.5 Å². The van der Waals surface area contributed by atoms with Gasteiger partial charge in [0.05, 0.1) is 16.3 Å². The first-order chi connectivity index (χ1) is 9.72. The minimum Gasteiger partial charge on any atom is -0.399 e. The Labute approximate surface area is 127 Å².